The summed E-state index contributed by atoms with van der Waals surface area (Å²) in [6.07, 6.45) is 13.1. The second kappa shape index (κ2) is 12.9. The molecule has 22 heavy (non-hydrogen) atoms. The Morgan fingerprint density at radius 1 is 0.636 bits per heavy atom. The first-order chi connectivity index (χ1) is 10.3. The Balaban J connectivity index is 0.000000294. The topological polar surface area (TPSA) is 81.0 Å². The van der Waals surface area contributed by atoms with Crippen LogP contribution in [0.15, 0.2) is 37.2 Å². The van der Waals surface area contributed by atoms with E-state index in [1.165, 1.54) is 0 Å². The van der Waals surface area contributed by atoms with Crippen LogP contribution in [0, 0.1) is 0 Å². The van der Waals surface area contributed by atoms with E-state index in [2.05, 4.69) is 29.9 Å². The van der Waals surface area contributed by atoms with Gasteiger partial charge in [0.25, 0.3) is 0 Å². The number of aryl methyl sites for hydroxylation is 3. The zero-order valence-electron chi connectivity index (χ0n) is 13.1. The maximum Gasteiger partial charge on any atom is 3.00 e. The normalized spacial score (nSPS) is 8.86. The average molecular weight is 341 g/mol. The molecule has 3 aromatic heterocycles. The van der Waals surface area contributed by atoms with Gasteiger partial charge in [-0.2, -0.15) is 0 Å². The number of hydrogen-bond acceptors (Lipinski definition) is 3. The summed E-state index contributed by atoms with van der Waals surface area (Å²) in [5.74, 6) is 2.79. The molecule has 0 atom stereocenters. The molecule has 0 aliphatic heterocycles. The molecular formula is C15H21FeN6. The van der Waals surface area contributed by atoms with E-state index in [0.717, 1.165) is 36.7 Å². The molecule has 0 aliphatic carbocycles. The van der Waals surface area contributed by atoms with Gasteiger partial charge in [-0.3, -0.25) is 0 Å². The van der Waals surface area contributed by atoms with Crippen molar-refractivity contribution in [3.63, 3.8) is 0 Å². The van der Waals surface area contributed by atoms with Crippen LogP contribution in [-0.4, -0.2) is 15.0 Å². The fourth-order valence-electron chi connectivity index (χ4n) is 1.36. The molecule has 3 heterocycles. The van der Waals surface area contributed by atoms with Crippen LogP contribution in [-0.2, 0) is 36.3 Å². The van der Waals surface area contributed by atoms with Crippen molar-refractivity contribution in [2.75, 3.05) is 0 Å². The molecule has 3 aromatic rings. The predicted octanol–water partition coefficient (Wildman–Crippen LogP) is 1.80. The van der Waals surface area contributed by atoms with E-state index in [9.17, 15) is 0 Å². The molecule has 0 amide bonds. The largest absolute Gasteiger partial charge is 3.00 e. The molecule has 0 saturated heterocycles. The van der Waals surface area contributed by atoms with Gasteiger partial charge < -0.3 is 29.9 Å². The second-order valence-corrected chi connectivity index (χ2v) is 3.98. The minimum atomic E-state index is 0. The smallest absolute Gasteiger partial charge is 0.446 e. The second-order valence-electron chi connectivity index (χ2n) is 3.98. The molecular weight excluding hydrogens is 320 g/mol. The molecule has 0 unspecified atom stereocenters. The third-order valence-electron chi connectivity index (χ3n) is 2.49. The number of aromatic nitrogens is 6. The number of rotatable bonds is 3. The zero-order valence-corrected chi connectivity index (χ0v) is 14.2. The van der Waals surface area contributed by atoms with Crippen molar-refractivity contribution in [1.82, 2.24) is 29.9 Å². The van der Waals surface area contributed by atoms with Crippen molar-refractivity contribution < 1.29 is 17.1 Å². The molecule has 0 spiro atoms. The summed E-state index contributed by atoms with van der Waals surface area (Å²) in [5, 5.41) is 0. The van der Waals surface area contributed by atoms with Gasteiger partial charge in [0, 0.05) is 0 Å². The van der Waals surface area contributed by atoms with Gasteiger partial charge in [-0.15, -0.1) is 0 Å². The molecule has 6 nitrogen and oxygen atoms in total. The third kappa shape index (κ3) is 8.44. The Morgan fingerprint density at radius 2 is 0.909 bits per heavy atom. The first kappa shape index (κ1) is 20.1. The van der Waals surface area contributed by atoms with Crippen LogP contribution in [0.1, 0.15) is 38.2 Å². The number of imidazole rings is 3. The molecule has 0 bridgehead atoms. The Kier molecular flexibility index (Phi) is 11.8. The Hall–Kier alpha value is -1.85. The van der Waals surface area contributed by atoms with Gasteiger partial charge in [0.15, 0.2) is 0 Å². The molecule has 0 aliphatic rings. The first-order valence-corrected chi connectivity index (χ1v) is 7.07. The van der Waals surface area contributed by atoms with Gasteiger partial charge >= 0.3 is 17.1 Å². The maximum absolute atomic E-state index is 3.92. The van der Waals surface area contributed by atoms with Gasteiger partial charge in [0.2, 0.25) is 0 Å². The van der Waals surface area contributed by atoms with Crippen LogP contribution in [0.2, 0.25) is 0 Å². The average Bonchev–Trinajstić information content (AvgIpc) is 3.31. The fraction of sp³-hybridized carbons (Fsp3) is 0.400. The standard InChI is InChI=1S/3C5H7N2.Fe/c3*1-2-5-6-3-4-7-5;/h3*3-4H,2H2,1H3;/q3*-1;+3. The summed E-state index contributed by atoms with van der Waals surface area (Å²) in [7, 11) is 0. The van der Waals surface area contributed by atoms with Crippen molar-refractivity contribution in [1.29, 1.82) is 0 Å². The van der Waals surface area contributed by atoms with Crippen LogP contribution in [0.5, 0.6) is 0 Å². The molecule has 7 heteroatoms. The van der Waals surface area contributed by atoms with Gasteiger partial charge in [-0.05, 0) is 19.3 Å². The van der Waals surface area contributed by atoms with Gasteiger partial charge in [0.05, 0.1) is 0 Å². The summed E-state index contributed by atoms with van der Waals surface area (Å²) in [4.78, 5) is 23.5. The molecule has 3 rings (SSSR count). The van der Waals surface area contributed by atoms with Crippen LogP contribution in [0.3, 0.4) is 0 Å². The van der Waals surface area contributed by atoms with Crippen molar-refractivity contribution in [2.24, 2.45) is 0 Å². The molecule has 0 N–H and O–H groups in total. The van der Waals surface area contributed by atoms with Crippen molar-refractivity contribution >= 4 is 0 Å². The Bertz CT molecular complexity index is 449. The quantitative estimate of drug-likeness (QED) is 0.676. The monoisotopic (exact) mass is 341 g/mol. The maximum atomic E-state index is 3.92. The summed E-state index contributed by atoms with van der Waals surface area (Å²) < 4.78 is 0. The number of hydrogen-bond donors (Lipinski definition) is 0. The molecule has 0 fully saturated rings. The summed E-state index contributed by atoms with van der Waals surface area (Å²) >= 11 is 0. The zero-order chi connectivity index (χ0) is 15.3. The van der Waals surface area contributed by atoms with E-state index in [1.807, 2.05) is 20.8 Å². The van der Waals surface area contributed by atoms with E-state index in [-0.39, 0.29) is 17.1 Å². The van der Waals surface area contributed by atoms with E-state index in [4.69, 9.17) is 0 Å². The Morgan fingerprint density at radius 3 is 1.00 bits per heavy atom. The fourth-order valence-corrected chi connectivity index (χ4v) is 1.36. The van der Waals surface area contributed by atoms with E-state index in [0.29, 0.717) is 0 Å². The predicted molar refractivity (Wildman–Crippen MR) is 80.8 cm³/mol. The molecule has 0 saturated carbocycles. The van der Waals surface area contributed by atoms with E-state index in [1.54, 1.807) is 37.2 Å². The molecule has 119 valence electrons. The van der Waals surface area contributed by atoms with Crippen LogP contribution < -0.4 is 15.0 Å². The van der Waals surface area contributed by atoms with Crippen LogP contribution in [0.25, 0.3) is 0 Å². The Labute approximate surface area is 142 Å². The van der Waals surface area contributed by atoms with Gasteiger partial charge in [0.1, 0.15) is 0 Å². The van der Waals surface area contributed by atoms with Crippen LogP contribution >= 0.6 is 0 Å². The van der Waals surface area contributed by atoms with Crippen LogP contribution in [0.4, 0.5) is 0 Å². The van der Waals surface area contributed by atoms with Crippen molar-refractivity contribution in [2.45, 2.75) is 40.0 Å². The van der Waals surface area contributed by atoms with Crippen molar-refractivity contribution in [3.8, 4) is 0 Å². The number of nitrogens with zero attached hydrogens (tertiary/aromatic N) is 6. The minimum absolute atomic E-state index is 0. The molecule has 0 aromatic carbocycles. The van der Waals surface area contributed by atoms with Gasteiger partial charge in [-0.25, -0.2) is 0 Å². The minimum Gasteiger partial charge on any atom is -0.446 e. The molecule has 1 radical (unpaired) electrons. The third-order valence-corrected chi connectivity index (χ3v) is 2.49. The first-order valence-electron chi connectivity index (χ1n) is 7.07. The van der Waals surface area contributed by atoms with Crippen molar-refractivity contribution in [3.05, 3.63) is 54.7 Å². The summed E-state index contributed by atoms with van der Waals surface area (Å²) in [5.41, 5.74) is 0. The van der Waals surface area contributed by atoms with E-state index >= 15 is 0 Å². The summed E-state index contributed by atoms with van der Waals surface area (Å²) in [6, 6.07) is 0. The summed E-state index contributed by atoms with van der Waals surface area (Å²) in [6.45, 7) is 6.11. The van der Waals surface area contributed by atoms with Gasteiger partial charge in [-0.1, -0.05) is 75.4 Å². The van der Waals surface area contributed by atoms with E-state index < -0.39 is 0 Å². The SMILES string of the molecule is CCc1ncc[n-]1.CCc1ncc[n-]1.CCc1ncc[n-]1.[Fe+3].